The first-order chi connectivity index (χ1) is 44.1. The molecule has 532 valence electrons. The monoisotopic (exact) mass is 1270 g/mol. The van der Waals surface area contributed by atoms with Gasteiger partial charge in [-0.25, -0.2) is 0 Å². The van der Waals surface area contributed by atoms with Crippen LogP contribution in [-0.2, 0) is 42.9 Å². The Morgan fingerprint density at radius 2 is 0.333 bits per heavy atom. The van der Waals surface area contributed by atoms with E-state index >= 15 is 0 Å². The Balaban J connectivity index is 4.22. The van der Waals surface area contributed by atoms with Crippen LogP contribution < -0.4 is 0 Å². The van der Waals surface area contributed by atoms with Crippen molar-refractivity contribution >= 4 is 29.8 Å². The lowest BCUT2D eigenvalue weighted by Crippen LogP contribution is -2.18. The molecule has 10 heteroatoms. The van der Waals surface area contributed by atoms with E-state index in [0.717, 1.165) is 180 Å². The van der Waals surface area contributed by atoms with Crippen LogP contribution in [0.5, 0.6) is 0 Å². The minimum absolute atomic E-state index is 0.00430. The van der Waals surface area contributed by atoms with E-state index in [1.807, 2.05) is 0 Å². The van der Waals surface area contributed by atoms with E-state index in [9.17, 15) is 24.0 Å². The van der Waals surface area contributed by atoms with Crippen LogP contribution in [0.1, 0.15) is 458 Å². The molecule has 1 N–H and O–H groups in total. The summed E-state index contributed by atoms with van der Waals surface area (Å²) in [5, 5.41) is 8.79. The average Bonchev–Trinajstić information content (AvgIpc) is 3.53. The first-order valence-corrected chi connectivity index (χ1v) is 40.1. The predicted molar refractivity (Wildman–Crippen MR) is 380 cm³/mol. The highest BCUT2D eigenvalue weighted by molar-refractivity contribution is 5.70. The van der Waals surface area contributed by atoms with E-state index in [1.54, 1.807) is 0 Å². The van der Waals surface area contributed by atoms with Crippen LogP contribution in [0.4, 0.5) is 0 Å². The normalized spacial score (nSPS) is 12.9. The third kappa shape index (κ3) is 65.4. The highest BCUT2D eigenvalue weighted by atomic mass is 16.6. The predicted octanol–water partition coefficient (Wildman–Crippen LogP) is 25.6. The van der Waals surface area contributed by atoms with Gasteiger partial charge >= 0.3 is 29.8 Å². The van der Waals surface area contributed by atoms with Gasteiger partial charge in [0.05, 0.1) is 0 Å². The molecule has 0 saturated heterocycles. The third-order valence-corrected chi connectivity index (χ3v) is 18.8. The molecule has 0 aliphatic rings. The van der Waals surface area contributed by atoms with Gasteiger partial charge in [-0.2, -0.15) is 0 Å². The number of hydrogen-bond donors (Lipinski definition) is 1. The van der Waals surface area contributed by atoms with Crippen LogP contribution in [0.15, 0.2) is 0 Å². The molecule has 0 amide bonds. The van der Waals surface area contributed by atoms with Gasteiger partial charge in [0.25, 0.3) is 0 Å². The molecular weight excluding hydrogens is 1120 g/mol. The van der Waals surface area contributed by atoms with E-state index < -0.39 is 5.97 Å². The second-order valence-electron chi connectivity index (χ2n) is 27.9. The zero-order chi connectivity index (χ0) is 65.7. The molecule has 0 fully saturated rings. The summed E-state index contributed by atoms with van der Waals surface area (Å²) in [7, 11) is 0. The van der Waals surface area contributed by atoms with E-state index in [1.165, 1.54) is 212 Å². The van der Waals surface area contributed by atoms with Crippen molar-refractivity contribution in [2.24, 2.45) is 0 Å². The number of carbonyl (C=O) groups is 5. The van der Waals surface area contributed by atoms with Crippen molar-refractivity contribution in [3.8, 4) is 0 Å². The zero-order valence-electron chi connectivity index (χ0n) is 60.6. The van der Waals surface area contributed by atoms with Gasteiger partial charge in [0.15, 0.2) is 0 Å². The fourth-order valence-electron chi connectivity index (χ4n) is 12.9. The van der Waals surface area contributed by atoms with Crippen molar-refractivity contribution in [3.05, 3.63) is 0 Å². The van der Waals surface area contributed by atoms with Gasteiger partial charge in [-0.05, 0) is 135 Å². The van der Waals surface area contributed by atoms with Gasteiger partial charge in [-0.3, -0.25) is 24.0 Å². The van der Waals surface area contributed by atoms with Crippen molar-refractivity contribution in [2.45, 2.75) is 483 Å². The summed E-state index contributed by atoms with van der Waals surface area (Å²) in [5.74, 6) is -0.709. The van der Waals surface area contributed by atoms with Crippen LogP contribution in [0.25, 0.3) is 0 Å². The molecule has 4 atom stereocenters. The van der Waals surface area contributed by atoms with Crippen LogP contribution >= 0.6 is 0 Å². The lowest BCUT2D eigenvalue weighted by Gasteiger charge is -2.18. The Kier molecular flexibility index (Phi) is 68.6. The number of carboxylic acids is 1. The number of hydrogen-bond acceptors (Lipinski definition) is 9. The lowest BCUT2D eigenvalue weighted by molar-refractivity contribution is -0.151. The summed E-state index contributed by atoms with van der Waals surface area (Å²) in [6, 6.07) is 0. The second kappa shape index (κ2) is 70.7. The van der Waals surface area contributed by atoms with Gasteiger partial charge in [0, 0.05) is 32.1 Å². The van der Waals surface area contributed by atoms with Gasteiger partial charge in [0.2, 0.25) is 0 Å². The number of carboxylic acid groups (broad SMARTS) is 1. The minimum atomic E-state index is -0.694. The summed E-state index contributed by atoms with van der Waals surface area (Å²) in [6.07, 6.45) is 72.1. The summed E-state index contributed by atoms with van der Waals surface area (Å²) < 4.78 is 24.2. The van der Waals surface area contributed by atoms with Crippen molar-refractivity contribution in [1.29, 1.82) is 0 Å². The molecule has 4 unspecified atom stereocenters. The second-order valence-corrected chi connectivity index (χ2v) is 27.9. The standard InChI is InChI=1S/C80H152O10/c1-6-11-16-17-18-19-33-42-55-68-77(83)87-73(60-47-13-8-3)64-51-38-29-21-25-35-44-57-70-79(85)89-75(62-49-15-10-5)66-53-40-31-23-27-36-45-58-71-80(86)90-74(61-48-14-9-4)65-52-39-30-22-26-34-43-56-69-78(84)88-72(59-46-12-7-2)63-50-37-28-20-24-32-41-54-67-76(81)82/h72-75H,6-71H2,1-5H3,(H,81,82). The Morgan fingerprint density at radius 1 is 0.200 bits per heavy atom. The molecule has 10 nitrogen and oxygen atoms in total. The molecule has 0 aromatic carbocycles. The smallest absolute Gasteiger partial charge is 0.306 e. The van der Waals surface area contributed by atoms with E-state index in [-0.39, 0.29) is 54.7 Å². The largest absolute Gasteiger partial charge is 0.481 e. The molecule has 0 radical (unpaired) electrons. The number of ether oxygens (including phenoxy) is 4. The lowest BCUT2D eigenvalue weighted by atomic mass is 10.0. The van der Waals surface area contributed by atoms with Gasteiger partial charge in [-0.1, -0.05) is 291 Å². The van der Waals surface area contributed by atoms with Crippen molar-refractivity contribution in [3.63, 3.8) is 0 Å². The molecule has 0 saturated carbocycles. The highest BCUT2D eigenvalue weighted by Gasteiger charge is 2.18. The van der Waals surface area contributed by atoms with Crippen LogP contribution in [0.2, 0.25) is 0 Å². The van der Waals surface area contributed by atoms with Crippen LogP contribution in [0.3, 0.4) is 0 Å². The molecule has 0 aliphatic carbocycles. The fourth-order valence-corrected chi connectivity index (χ4v) is 12.9. The van der Waals surface area contributed by atoms with Gasteiger partial charge < -0.3 is 24.1 Å². The van der Waals surface area contributed by atoms with Crippen LogP contribution in [-0.4, -0.2) is 59.4 Å². The molecule has 0 aliphatic heterocycles. The number of rotatable bonds is 74. The Bertz CT molecular complexity index is 1550. The van der Waals surface area contributed by atoms with Gasteiger partial charge in [0.1, 0.15) is 24.4 Å². The third-order valence-electron chi connectivity index (χ3n) is 18.8. The van der Waals surface area contributed by atoms with Crippen molar-refractivity contribution < 1.29 is 48.0 Å². The zero-order valence-corrected chi connectivity index (χ0v) is 60.6. The summed E-state index contributed by atoms with van der Waals surface area (Å²) in [4.78, 5) is 62.0. The molecule has 0 bridgehead atoms. The first-order valence-electron chi connectivity index (χ1n) is 40.1. The van der Waals surface area contributed by atoms with Crippen molar-refractivity contribution in [1.82, 2.24) is 0 Å². The SMILES string of the molecule is CCCCCCCCCCCC(=O)OC(CCCCC)CCCCCCCCCCC(=O)OC(CCCCC)CCCCCCCCCCC(=O)OC(CCCCC)CCCCCCCCCCC(=O)OC(CCCCC)CCCCCCCCCCC(=O)O. The molecule has 90 heavy (non-hydrogen) atoms. The molecule has 0 heterocycles. The summed E-state index contributed by atoms with van der Waals surface area (Å²) >= 11 is 0. The number of carbonyl (C=O) groups excluding carboxylic acids is 4. The van der Waals surface area contributed by atoms with E-state index in [0.29, 0.717) is 25.7 Å². The number of aliphatic carboxylic acids is 1. The maximum atomic E-state index is 13.0. The number of unbranched alkanes of at least 4 members (excludes halogenated alkanes) is 44. The number of esters is 4. The summed E-state index contributed by atoms with van der Waals surface area (Å²) in [5.41, 5.74) is 0. The highest BCUT2D eigenvalue weighted by Crippen LogP contribution is 2.24. The van der Waals surface area contributed by atoms with Crippen molar-refractivity contribution in [2.75, 3.05) is 0 Å². The minimum Gasteiger partial charge on any atom is -0.481 e. The molecule has 0 spiro atoms. The van der Waals surface area contributed by atoms with E-state index in [4.69, 9.17) is 24.1 Å². The topological polar surface area (TPSA) is 143 Å². The van der Waals surface area contributed by atoms with Crippen LogP contribution in [0, 0.1) is 0 Å². The molecule has 0 aromatic heterocycles. The average molecular weight is 1270 g/mol. The fraction of sp³-hybridized carbons (Fsp3) is 0.938. The summed E-state index contributed by atoms with van der Waals surface area (Å²) in [6.45, 7) is 11.2. The Labute approximate surface area is 558 Å². The molecule has 0 aromatic rings. The Morgan fingerprint density at radius 3 is 0.511 bits per heavy atom. The molecule has 0 rings (SSSR count). The Hall–Kier alpha value is -2.65. The maximum Gasteiger partial charge on any atom is 0.306 e. The first kappa shape index (κ1) is 87.3. The molecular formula is C80H152O10. The van der Waals surface area contributed by atoms with E-state index in [2.05, 4.69) is 34.6 Å². The maximum absolute atomic E-state index is 13.0. The van der Waals surface area contributed by atoms with Gasteiger partial charge in [-0.15, -0.1) is 0 Å². The quantitative estimate of drug-likeness (QED) is 0.0355.